The van der Waals surface area contributed by atoms with Crippen LogP contribution < -0.4 is 15.4 Å². The Labute approximate surface area is 186 Å². The highest BCUT2D eigenvalue weighted by atomic mass is 19.4. The second kappa shape index (κ2) is 10.8. The zero-order chi connectivity index (χ0) is 24.8. The molecular formula is C20H22F3N3O7. The van der Waals surface area contributed by atoms with Gasteiger partial charge in [-0.05, 0) is 44.0 Å². The summed E-state index contributed by atoms with van der Waals surface area (Å²) in [5.74, 6) is -3.78. The number of likely N-dealkylation sites (tertiary alicyclic amines) is 1. The van der Waals surface area contributed by atoms with E-state index in [2.05, 4.69) is 15.4 Å². The Morgan fingerprint density at radius 2 is 1.85 bits per heavy atom. The molecule has 2 rings (SSSR count). The molecule has 3 atom stereocenters. The summed E-state index contributed by atoms with van der Waals surface area (Å²) < 4.78 is 40.4. The molecular weight excluding hydrogens is 451 g/mol. The van der Waals surface area contributed by atoms with Gasteiger partial charge in [-0.15, -0.1) is 13.2 Å². The van der Waals surface area contributed by atoms with Crippen molar-refractivity contribution in [1.29, 1.82) is 0 Å². The number of ether oxygens (including phenoxy) is 1. The summed E-state index contributed by atoms with van der Waals surface area (Å²) in [6, 6.07) is 0.856. The molecule has 180 valence electrons. The fourth-order valence-corrected chi connectivity index (χ4v) is 3.30. The van der Waals surface area contributed by atoms with E-state index >= 15 is 0 Å². The summed E-state index contributed by atoms with van der Waals surface area (Å²) in [4.78, 5) is 60.6. The number of carbonyl (C=O) groups excluding carboxylic acids is 4. The second-order valence-corrected chi connectivity index (χ2v) is 7.31. The SMILES string of the molecule is C[C@H](NC(=O)c1ccc(OC(F)(F)F)cc1)C(=O)N1CCC[C@H]1C(=O)N[C@H](C=O)CC(=O)O. The van der Waals surface area contributed by atoms with Crippen LogP contribution in [-0.2, 0) is 19.2 Å². The zero-order valence-corrected chi connectivity index (χ0v) is 17.4. The molecule has 0 aliphatic carbocycles. The maximum atomic E-state index is 12.8. The van der Waals surface area contributed by atoms with Crippen LogP contribution in [0.25, 0.3) is 0 Å². The van der Waals surface area contributed by atoms with Crippen molar-refractivity contribution in [2.45, 2.75) is 50.7 Å². The number of alkyl halides is 3. The first-order valence-electron chi connectivity index (χ1n) is 9.86. The van der Waals surface area contributed by atoms with Gasteiger partial charge < -0.3 is 30.2 Å². The Bertz CT molecular complexity index is 905. The lowest BCUT2D eigenvalue weighted by Crippen LogP contribution is -2.54. The lowest BCUT2D eigenvalue weighted by molar-refractivity contribution is -0.274. The van der Waals surface area contributed by atoms with Gasteiger partial charge in [0, 0.05) is 12.1 Å². The van der Waals surface area contributed by atoms with Crippen molar-refractivity contribution in [1.82, 2.24) is 15.5 Å². The predicted octanol–water partition coefficient (Wildman–Crippen LogP) is 0.853. The van der Waals surface area contributed by atoms with Crippen LogP contribution in [0.2, 0.25) is 0 Å². The smallest absolute Gasteiger partial charge is 0.481 e. The zero-order valence-electron chi connectivity index (χ0n) is 17.4. The number of nitrogens with zero attached hydrogens (tertiary/aromatic N) is 1. The van der Waals surface area contributed by atoms with E-state index in [9.17, 15) is 37.1 Å². The second-order valence-electron chi connectivity index (χ2n) is 7.31. The highest BCUT2D eigenvalue weighted by molar-refractivity contribution is 5.98. The van der Waals surface area contributed by atoms with E-state index in [1.165, 1.54) is 11.8 Å². The van der Waals surface area contributed by atoms with E-state index in [1.807, 2.05) is 0 Å². The third kappa shape index (κ3) is 7.47. The van der Waals surface area contributed by atoms with Crippen LogP contribution in [0, 0.1) is 0 Å². The van der Waals surface area contributed by atoms with Crippen molar-refractivity contribution in [2.75, 3.05) is 6.54 Å². The first-order chi connectivity index (χ1) is 15.4. The molecule has 0 aromatic heterocycles. The fourth-order valence-electron chi connectivity index (χ4n) is 3.30. The van der Waals surface area contributed by atoms with Crippen molar-refractivity contribution in [3.05, 3.63) is 29.8 Å². The van der Waals surface area contributed by atoms with Gasteiger partial charge in [0.1, 0.15) is 24.1 Å². The maximum absolute atomic E-state index is 12.8. The Morgan fingerprint density at radius 1 is 1.21 bits per heavy atom. The number of hydrogen-bond donors (Lipinski definition) is 3. The van der Waals surface area contributed by atoms with Crippen molar-refractivity contribution < 1.29 is 47.0 Å². The Balaban J connectivity index is 1.98. The summed E-state index contributed by atoms with van der Waals surface area (Å²) in [5.41, 5.74) is -0.0117. The number of aliphatic carboxylic acids is 1. The van der Waals surface area contributed by atoms with Gasteiger partial charge in [-0.2, -0.15) is 0 Å². The molecule has 0 bridgehead atoms. The van der Waals surface area contributed by atoms with E-state index in [0.29, 0.717) is 12.7 Å². The monoisotopic (exact) mass is 473 g/mol. The molecule has 0 radical (unpaired) electrons. The molecule has 1 saturated heterocycles. The average molecular weight is 473 g/mol. The van der Waals surface area contributed by atoms with Crippen LogP contribution in [0.5, 0.6) is 5.75 Å². The van der Waals surface area contributed by atoms with Crippen molar-refractivity contribution >= 4 is 30.0 Å². The van der Waals surface area contributed by atoms with E-state index < -0.39 is 60.3 Å². The molecule has 33 heavy (non-hydrogen) atoms. The molecule has 0 unspecified atom stereocenters. The van der Waals surface area contributed by atoms with Gasteiger partial charge in [-0.3, -0.25) is 19.2 Å². The van der Waals surface area contributed by atoms with Crippen molar-refractivity contribution in [3.63, 3.8) is 0 Å². The molecule has 1 aliphatic rings. The normalized spacial score (nSPS) is 17.6. The molecule has 0 spiro atoms. The number of benzene rings is 1. The van der Waals surface area contributed by atoms with Crippen LogP contribution in [0.1, 0.15) is 36.5 Å². The molecule has 1 fully saturated rings. The van der Waals surface area contributed by atoms with Crippen LogP contribution in [0.4, 0.5) is 13.2 Å². The lowest BCUT2D eigenvalue weighted by atomic mass is 10.1. The van der Waals surface area contributed by atoms with Crippen LogP contribution >= 0.6 is 0 Å². The summed E-state index contributed by atoms with van der Waals surface area (Å²) in [7, 11) is 0. The quantitative estimate of drug-likeness (QED) is 0.452. The number of hydrogen-bond acceptors (Lipinski definition) is 6. The van der Waals surface area contributed by atoms with Crippen LogP contribution in [-0.4, -0.2) is 71.0 Å². The first-order valence-corrected chi connectivity index (χ1v) is 9.86. The molecule has 1 aliphatic heterocycles. The number of carbonyl (C=O) groups is 5. The molecule has 0 saturated carbocycles. The van der Waals surface area contributed by atoms with E-state index in [1.54, 1.807) is 0 Å². The average Bonchev–Trinajstić information content (AvgIpc) is 3.21. The summed E-state index contributed by atoms with van der Waals surface area (Å²) in [6.07, 6.45) is -4.41. The first kappa shape index (κ1) is 25.6. The van der Waals surface area contributed by atoms with Crippen molar-refractivity contribution in [2.24, 2.45) is 0 Å². The van der Waals surface area contributed by atoms with Gasteiger partial charge in [0.2, 0.25) is 11.8 Å². The molecule has 10 nitrogen and oxygen atoms in total. The Morgan fingerprint density at radius 3 is 2.39 bits per heavy atom. The standard InChI is InChI=1S/C20H22F3N3O7/c1-11(24-17(30)12-4-6-14(7-5-12)33-20(21,22)23)19(32)26-8-2-3-15(26)18(31)25-13(10-27)9-16(28)29/h4-7,10-11,13,15H,2-3,8-9H2,1H3,(H,24,30)(H,25,31)(H,28,29)/t11-,13-,15-/m0/s1. The fraction of sp³-hybridized carbons (Fsp3) is 0.450. The van der Waals surface area contributed by atoms with Gasteiger partial charge in [-0.1, -0.05) is 0 Å². The third-order valence-corrected chi connectivity index (χ3v) is 4.79. The Kier molecular flexibility index (Phi) is 8.38. The number of carboxylic acid groups (broad SMARTS) is 1. The maximum Gasteiger partial charge on any atom is 0.573 e. The molecule has 3 amide bonds. The molecule has 1 aromatic carbocycles. The number of aldehydes is 1. The summed E-state index contributed by atoms with van der Waals surface area (Å²) in [6.45, 7) is 1.60. The predicted molar refractivity (Wildman–Crippen MR) is 105 cm³/mol. The van der Waals surface area contributed by atoms with Crippen LogP contribution in [0.15, 0.2) is 24.3 Å². The largest absolute Gasteiger partial charge is 0.573 e. The molecule has 13 heteroatoms. The van der Waals surface area contributed by atoms with E-state index in [0.717, 1.165) is 24.3 Å². The van der Waals surface area contributed by atoms with Gasteiger partial charge in [0.05, 0.1) is 12.5 Å². The topological polar surface area (TPSA) is 142 Å². The van der Waals surface area contributed by atoms with Gasteiger partial charge in [-0.25, -0.2) is 0 Å². The van der Waals surface area contributed by atoms with Gasteiger partial charge in [0.15, 0.2) is 0 Å². The number of nitrogens with one attached hydrogen (secondary N) is 2. The van der Waals surface area contributed by atoms with Crippen molar-refractivity contribution in [3.8, 4) is 5.75 Å². The third-order valence-electron chi connectivity index (χ3n) is 4.79. The molecule has 3 N–H and O–H groups in total. The lowest BCUT2D eigenvalue weighted by Gasteiger charge is -2.27. The molecule has 1 aromatic rings. The van der Waals surface area contributed by atoms with Crippen LogP contribution in [0.3, 0.4) is 0 Å². The number of halogens is 3. The number of rotatable bonds is 9. The van der Waals surface area contributed by atoms with Gasteiger partial charge >= 0.3 is 12.3 Å². The summed E-state index contributed by atoms with van der Waals surface area (Å²) in [5, 5.41) is 13.5. The molecule has 1 heterocycles. The minimum atomic E-state index is -4.87. The van der Waals surface area contributed by atoms with E-state index in [-0.39, 0.29) is 18.5 Å². The van der Waals surface area contributed by atoms with Gasteiger partial charge in [0.25, 0.3) is 5.91 Å². The number of carboxylic acids is 1. The highest BCUT2D eigenvalue weighted by Gasteiger charge is 2.37. The summed E-state index contributed by atoms with van der Waals surface area (Å²) >= 11 is 0. The highest BCUT2D eigenvalue weighted by Crippen LogP contribution is 2.23. The minimum absolute atomic E-state index is 0.0117. The minimum Gasteiger partial charge on any atom is -0.481 e. The Hall–Kier alpha value is -3.64. The van der Waals surface area contributed by atoms with E-state index in [4.69, 9.17) is 5.11 Å². The number of amides is 3.